The minimum absolute atomic E-state index is 0.152. The average Bonchev–Trinajstić information content (AvgIpc) is 2.38. The second-order valence-electron chi connectivity index (χ2n) is 3.95. The minimum Gasteiger partial charge on any atom is -0.349 e. The third kappa shape index (κ3) is 3.00. The van der Waals surface area contributed by atoms with E-state index in [-0.39, 0.29) is 5.91 Å². The molecular weight excluding hydrogens is 204 g/mol. The lowest BCUT2D eigenvalue weighted by molar-refractivity contribution is 0.0942. The molecule has 16 heavy (non-hydrogen) atoms. The van der Waals surface area contributed by atoms with Crippen LogP contribution in [0.1, 0.15) is 29.8 Å². The zero-order valence-electron chi connectivity index (χ0n) is 9.15. The van der Waals surface area contributed by atoms with Crippen molar-refractivity contribution in [2.24, 2.45) is 0 Å². The Kier molecular flexibility index (Phi) is 3.82. The van der Waals surface area contributed by atoms with Crippen LogP contribution in [0.2, 0.25) is 0 Å². The number of amides is 1. The van der Waals surface area contributed by atoms with Gasteiger partial charge in [-0.2, -0.15) is 0 Å². The van der Waals surface area contributed by atoms with Crippen LogP contribution in [0.15, 0.2) is 18.6 Å². The van der Waals surface area contributed by atoms with Crippen molar-refractivity contribution in [1.82, 2.24) is 20.6 Å². The first kappa shape index (κ1) is 11.0. The van der Waals surface area contributed by atoms with Gasteiger partial charge in [0.1, 0.15) is 5.69 Å². The molecule has 1 aliphatic rings. The molecule has 0 bridgehead atoms. The van der Waals surface area contributed by atoms with E-state index >= 15 is 0 Å². The summed E-state index contributed by atoms with van der Waals surface area (Å²) >= 11 is 0. The molecule has 2 heterocycles. The molecule has 1 atom stereocenters. The molecule has 2 rings (SSSR count). The summed E-state index contributed by atoms with van der Waals surface area (Å²) in [5, 5.41) is 6.24. The second kappa shape index (κ2) is 5.55. The van der Waals surface area contributed by atoms with Gasteiger partial charge in [0, 0.05) is 25.0 Å². The van der Waals surface area contributed by atoms with Crippen LogP contribution < -0.4 is 10.6 Å². The van der Waals surface area contributed by atoms with Gasteiger partial charge in [0.05, 0.1) is 6.20 Å². The van der Waals surface area contributed by atoms with Crippen molar-refractivity contribution in [1.29, 1.82) is 0 Å². The predicted octanol–water partition coefficient (Wildman–Crippen LogP) is 0.348. The summed E-state index contributed by atoms with van der Waals surface area (Å²) in [6, 6.07) is 0.398. The van der Waals surface area contributed by atoms with Gasteiger partial charge in [-0.3, -0.25) is 9.78 Å². The van der Waals surface area contributed by atoms with Crippen LogP contribution in [0.5, 0.6) is 0 Å². The Bertz CT molecular complexity index is 335. The molecule has 5 heteroatoms. The van der Waals surface area contributed by atoms with Gasteiger partial charge in [0.15, 0.2) is 0 Å². The van der Waals surface area contributed by atoms with Crippen LogP contribution in [-0.2, 0) is 0 Å². The van der Waals surface area contributed by atoms with Gasteiger partial charge >= 0.3 is 0 Å². The quantitative estimate of drug-likeness (QED) is 0.771. The summed E-state index contributed by atoms with van der Waals surface area (Å²) < 4.78 is 0. The van der Waals surface area contributed by atoms with Crippen LogP contribution in [0.3, 0.4) is 0 Å². The standard InChI is InChI=1S/C11H16N4O/c16-11(10-8-12-5-6-14-10)15-7-9-3-1-2-4-13-9/h5-6,8-9,13H,1-4,7H2,(H,15,16)/t9-/m0/s1. The molecule has 0 radical (unpaired) electrons. The third-order valence-corrected chi connectivity index (χ3v) is 2.72. The molecule has 0 spiro atoms. The normalized spacial score (nSPS) is 20.4. The first-order chi connectivity index (χ1) is 7.86. The first-order valence-corrected chi connectivity index (χ1v) is 5.64. The highest BCUT2D eigenvalue weighted by molar-refractivity contribution is 5.91. The van der Waals surface area contributed by atoms with Crippen molar-refractivity contribution in [2.45, 2.75) is 25.3 Å². The Morgan fingerprint density at radius 2 is 2.44 bits per heavy atom. The summed E-state index contributed by atoms with van der Waals surface area (Å²) in [7, 11) is 0. The molecule has 0 unspecified atom stereocenters. The van der Waals surface area contributed by atoms with Gasteiger partial charge in [-0.25, -0.2) is 4.98 Å². The van der Waals surface area contributed by atoms with E-state index in [1.54, 1.807) is 6.20 Å². The number of carbonyl (C=O) groups excluding carboxylic acids is 1. The lowest BCUT2D eigenvalue weighted by Crippen LogP contribution is -2.43. The molecule has 1 aromatic rings. The highest BCUT2D eigenvalue weighted by atomic mass is 16.1. The molecule has 1 fully saturated rings. The van der Waals surface area contributed by atoms with Crippen LogP contribution in [0, 0.1) is 0 Å². The lowest BCUT2D eigenvalue weighted by Gasteiger charge is -2.23. The van der Waals surface area contributed by atoms with Gasteiger partial charge in [0.2, 0.25) is 0 Å². The van der Waals surface area contributed by atoms with Crippen molar-refractivity contribution in [3.8, 4) is 0 Å². The van der Waals surface area contributed by atoms with E-state index in [4.69, 9.17) is 0 Å². The van der Waals surface area contributed by atoms with Gasteiger partial charge in [-0.15, -0.1) is 0 Å². The Hall–Kier alpha value is -1.49. The molecule has 1 aromatic heterocycles. The number of nitrogens with zero attached hydrogens (tertiary/aromatic N) is 2. The zero-order valence-corrected chi connectivity index (χ0v) is 9.15. The van der Waals surface area contributed by atoms with Crippen molar-refractivity contribution in [3.05, 3.63) is 24.3 Å². The van der Waals surface area contributed by atoms with E-state index in [9.17, 15) is 4.79 Å². The van der Waals surface area contributed by atoms with Gasteiger partial charge in [0.25, 0.3) is 5.91 Å². The van der Waals surface area contributed by atoms with E-state index < -0.39 is 0 Å². The van der Waals surface area contributed by atoms with Crippen LogP contribution >= 0.6 is 0 Å². The number of hydrogen-bond donors (Lipinski definition) is 2. The van der Waals surface area contributed by atoms with E-state index in [1.165, 1.54) is 25.2 Å². The summed E-state index contributed by atoms with van der Waals surface area (Å²) in [5.41, 5.74) is 0.373. The van der Waals surface area contributed by atoms with Crippen LogP contribution in [-0.4, -0.2) is 35.0 Å². The summed E-state index contributed by atoms with van der Waals surface area (Å²) in [6.07, 6.45) is 8.14. The molecule has 1 amide bonds. The molecule has 1 saturated heterocycles. The smallest absolute Gasteiger partial charge is 0.271 e. The number of hydrogen-bond acceptors (Lipinski definition) is 4. The maximum Gasteiger partial charge on any atom is 0.271 e. The van der Waals surface area contributed by atoms with E-state index in [2.05, 4.69) is 20.6 Å². The average molecular weight is 220 g/mol. The van der Waals surface area contributed by atoms with Crippen molar-refractivity contribution in [3.63, 3.8) is 0 Å². The van der Waals surface area contributed by atoms with Crippen molar-refractivity contribution < 1.29 is 4.79 Å². The topological polar surface area (TPSA) is 66.9 Å². The summed E-state index contributed by atoms with van der Waals surface area (Å²) in [6.45, 7) is 1.71. The number of carbonyl (C=O) groups is 1. The molecule has 1 aliphatic heterocycles. The first-order valence-electron chi connectivity index (χ1n) is 5.64. The molecule has 0 saturated carbocycles. The highest BCUT2D eigenvalue weighted by Crippen LogP contribution is 2.05. The van der Waals surface area contributed by atoms with Gasteiger partial charge in [-0.1, -0.05) is 6.42 Å². The van der Waals surface area contributed by atoms with E-state index in [0.717, 1.165) is 13.0 Å². The SMILES string of the molecule is O=C(NC[C@@H]1CCCCN1)c1cnccn1. The highest BCUT2D eigenvalue weighted by Gasteiger charge is 2.14. The molecule has 0 aliphatic carbocycles. The van der Waals surface area contributed by atoms with E-state index in [1.807, 2.05) is 0 Å². The maximum absolute atomic E-state index is 11.6. The molecule has 0 aromatic carbocycles. The van der Waals surface area contributed by atoms with Gasteiger partial charge < -0.3 is 10.6 Å². The van der Waals surface area contributed by atoms with Gasteiger partial charge in [-0.05, 0) is 19.4 Å². The fourth-order valence-corrected chi connectivity index (χ4v) is 1.82. The lowest BCUT2D eigenvalue weighted by atomic mass is 10.1. The fraction of sp³-hybridized carbons (Fsp3) is 0.545. The Balaban J connectivity index is 1.79. The number of rotatable bonds is 3. The predicted molar refractivity (Wildman–Crippen MR) is 60.0 cm³/mol. The molecule has 5 nitrogen and oxygen atoms in total. The number of nitrogens with one attached hydrogen (secondary N) is 2. The van der Waals surface area contributed by atoms with Crippen molar-refractivity contribution in [2.75, 3.05) is 13.1 Å². The van der Waals surface area contributed by atoms with Crippen molar-refractivity contribution >= 4 is 5.91 Å². The second-order valence-corrected chi connectivity index (χ2v) is 3.95. The number of piperidine rings is 1. The zero-order chi connectivity index (χ0) is 11.2. The summed E-state index contributed by atoms with van der Waals surface area (Å²) in [4.78, 5) is 19.5. The molecular formula is C11H16N4O. The monoisotopic (exact) mass is 220 g/mol. The number of aromatic nitrogens is 2. The Morgan fingerprint density at radius 3 is 3.12 bits per heavy atom. The summed E-state index contributed by atoms with van der Waals surface area (Å²) in [5.74, 6) is -0.152. The molecule has 2 N–H and O–H groups in total. The van der Waals surface area contributed by atoms with Crippen LogP contribution in [0.25, 0.3) is 0 Å². The fourth-order valence-electron chi connectivity index (χ4n) is 1.82. The minimum atomic E-state index is -0.152. The largest absolute Gasteiger partial charge is 0.349 e. The van der Waals surface area contributed by atoms with E-state index in [0.29, 0.717) is 18.3 Å². The maximum atomic E-state index is 11.6. The third-order valence-electron chi connectivity index (χ3n) is 2.72. The Labute approximate surface area is 94.7 Å². The van der Waals surface area contributed by atoms with Crippen LogP contribution in [0.4, 0.5) is 0 Å². The Morgan fingerprint density at radius 1 is 1.50 bits per heavy atom. The molecule has 86 valence electrons.